The first kappa shape index (κ1) is 13.5. The molecule has 0 saturated carbocycles. The highest BCUT2D eigenvalue weighted by Crippen LogP contribution is 2.28. The van der Waals surface area contributed by atoms with Crippen molar-refractivity contribution in [2.45, 2.75) is 25.3 Å². The number of methoxy groups -OCH3 is 1. The summed E-state index contributed by atoms with van der Waals surface area (Å²) in [5.41, 5.74) is 0.837. The van der Waals surface area contributed by atoms with Crippen LogP contribution in [0.3, 0.4) is 0 Å². The number of rotatable bonds is 5. The molecular weight excluding hydrogens is 249 g/mol. The van der Waals surface area contributed by atoms with Crippen LogP contribution in [0.25, 0.3) is 0 Å². The average molecular weight is 265 g/mol. The van der Waals surface area contributed by atoms with Gasteiger partial charge < -0.3 is 9.64 Å². The van der Waals surface area contributed by atoms with E-state index >= 15 is 0 Å². The predicted molar refractivity (Wildman–Crippen MR) is 68.4 cm³/mol. The van der Waals surface area contributed by atoms with Crippen molar-refractivity contribution in [3.8, 4) is 0 Å². The number of halogens is 1. The van der Waals surface area contributed by atoms with Crippen molar-refractivity contribution in [2.75, 3.05) is 18.6 Å². The van der Waals surface area contributed by atoms with E-state index in [1.54, 1.807) is 12.1 Å². The summed E-state index contributed by atoms with van der Waals surface area (Å²) >= 11 is 0. The van der Waals surface area contributed by atoms with Crippen molar-refractivity contribution in [3.05, 3.63) is 30.1 Å². The van der Waals surface area contributed by atoms with Gasteiger partial charge in [-0.1, -0.05) is 0 Å². The summed E-state index contributed by atoms with van der Waals surface area (Å²) in [5, 5.41) is 0. The minimum atomic E-state index is -0.374. The van der Waals surface area contributed by atoms with Crippen LogP contribution in [0.15, 0.2) is 24.3 Å². The number of ether oxygens (including phenoxy) is 1. The third kappa shape index (κ3) is 3.10. The highest BCUT2D eigenvalue weighted by atomic mass is 19.1. The van der Waals surface area contributed by atoms with Gasteiger partial charge in [-0.3, -0.25) is 9.59 Å². The number of hydrogen-bond donors (Lipinski definition) is 0. The molecule has 19 heavy (non-hydrogen) atoms. The van der Waals surface area contributed by atoms with Gasteiger partial charge in [0, 0.05) is 18.7 Å². The van der Waals surface area contributed by atoms with E-state index in [0.29, 0.717) is 0 Å². The zero-order chi connectivity index (χ0) is 13.8. The second-order valence-electron chi connectivity index (χ2n) is 4.52. The first-order chi connectivity index (χ1) is 9.11. The van der Waals surface area contributed by atoms with Crippen LogP contribution in [0.1, 0.15) is 19.3 Å². The molecule has 0 aromatic heterocycles. The second-order valence-corrected chi connectivity index (χ2v) is 4.52. The molecule has 4 nitrogen and oxygen atoms in total. The molecule has 1 fully saturated rings. The van der Waals surface area contributed by atoms with Crippen molar-refractivity contribution in [1.82, 2.24) is 0 Å². The monoisotopic (exact) mass is 265 g/mol. The van der Waals surface area contributed by atoms with Crippen LogP contribution in [0.5, 0.6) is 0 Å². The van der Waals surface area contributed by atoms with Crippen LogP contribution < -0.4 is 4.90 Å². The quantitative estimate of drug-likeness (QED) is 0.763. The van der Waals surface area contributed by atoms with Gasteiger partial charge in [-0.05, 0) is 30.7 Å². The Morgan fingerprint density at radius 1 is 1.32 bits per heavy atom. The number of nitrogens with zero attached hydrogens (tertiary/aromatic N) is 1. The Balaban J connectivity index is 1.93. The molecule has 1 atom stereocenters. The molecule has 1 aromatic rings. The Labute approximate surface area is 111 Å². The lowest BCUT2D eigenvalue weighted by atomic mass is 9.94. The number of ketones is 1. The summed E-state index contributed by atoms with van der Waals surface area (Å²) < 4.78 is 17.3. The van der Waals surface area contributed by atoms with Crippen molar-refractivity contribution in [1.29, 1.82) is 0 Å². The van der Waals surface area contributed by atoms with E-state index < -0.39 is 0 Å². The van der Waals surface area contributed by atoms with Crippen molar-refractivity contribution >= 4 is 17.4 Å². The number of Topliss-reactive ketones (excluding diaryl/α,β-unsaturated/α-hetero) is 1. The Kier molecular flexibility index (Phi) is 4.14. The molecule has 2 rings (SSSR count). The molecule has 1 aromatic carbocycles. The van der Waals surface area contributed by atoms with E-state index in [1.165, 1.54) is 19.2 Å². The Morgan fingerprint density at radius 2 is 2.00 bits per heavy atom. The van der Waals surface area contributed by atoms with E-state index in [4.69, 9.17) is 0 Å². The van der Waals surface area contributed by atoms with Crippen LogP contribution in [0, 0.1) is 5.82 Å². The lowest BCUT2D eigenvalue weighted by Crippen LogP contribution is -2.52. The molecule has 0 radical (unpaired) electrons. The van der Waals surface area contributed by atoms with E-state index in [2.05, 4.69) is 4.74 Å². The van der Waals surface area contributed by atoms with E-state index in [0.717, 1.165) is 18.7 Å². The van der Waals surface area contributed by atoms with E-state index in [9.17, 15) is 14.0 Å². The number of carbonyl (C=O) groups excluding carboxylic acids is 2. The molecule has 0 amide bonds. The fourth-order valence-corrected chi connectivity index (χ4v) is 2.16. The summed E-state index contributed by atoms with van der Waals surface area (Å²) in [6, 6.07) is 5.88. The molecule has 102 valence electrons. The summed E-state index contributed by atoms with van der Waals surface area (Å²) in [6.45, 7) is 0.778. The molecule has 0 spiro atoms. The maximum absolute atomic E-state index is 12.8. The van der Waals surface area contributed by atoms with Crippen LogP contribution >= 0.6 is 0 Å². The van der Waals surface area contributed by atoms with Gasteiger partial charge in [0.25, 0.3) is 0 Å². The van der Waals surface area contributed by atoms with Gasteiger partial charge in [0.1, 0.15) is 5.82 Å². The van der Waals surface area contributed by atoms with Crippen LogP contribution in [-0.4, -0.2) is 31.4 Å². The van der Waals surface area contributed by atoms with Gasteiger partial charge in [0.15, 0.2) is 5.78 Å². The number of esters is 1. The summed E-state index contributed by atoms with van der Waals surface area (Å²) in [6.07, 6.45) is 1.08. The number of hydrogen-bond acceptors (Lipinski definition) is 4. The topological polar surface area (TPSA) is 46.6 Å². The third-order valence-corrected chi connectivity index (χ3v) is 3.35. The lowest BCUT2D eigenvalue weighted by Gasteiger charge is -2.41. The lowest BCUT2D eigenvalue weighted by molar-refractivity contribution is -0.142. The molecule has 1 heterocycles. The number of carbonyl (C=O) groups is 2. The largest absolute Gasteiger partial charge is 0.469 e. The molecule has 0 N–H and O–H groups in total. The summed E-state index contributed by atoms with van der Waals surface area (Å²) in [7, 11) is 1.31. The SMILES string of the molecule is COC(=O)CCC(=O)[C@@H]1CCN1c1ccc(F)cc1. The first-order valence-corrected chi connectivity index (χ1v) is 6.23. The number of benzene rings is 1. The third-order valence-electron chi connectivity index (χ3n) is 3.35. The number of anilines is 1. The fraction of sp³-hybridized carbons (Fsp3) is 0.429. The fourth-order valence-electron chi connectivity index (χ4n) is 2.16. The van der Waals surface area contributed by atoms with Crippen LogP contribution in [0.4, 0.5) is 10.1 Å². The zero-order valence-corrected chi connectivity index (χ0v) is 10.8. The molecule has 0 bridgehead atoms. The molecule has 5 heteroatoms. The molecule has 0 aliphatic carbocycles. The van der Waals surface area contributed by atoms with Gasteiger partial charge in [-0.2, -0.15) is 0 Å². The molecule has 0 unspecified atom stereocenters. The summed E-state index contributed by atoms with van der Waals surface area (Å²) in [5.74, 6) is -0.639. The Morgan fingerprint density at radius 3 is 2.53 bits per heavy atom. The minimum Gasteiger partial charge on any atom is -0.469 e. The van der Waals surface area contributed by atoms with Crippen LogP contribution in [0.2, 0.25) is 0 Å². The molecule has 1 saturated heterocycles. The van der Waals surface area contributed by atoms with Crippen molar-refractivity contribution < 1.29 is 18.7 Å². The van der Waals surface area contributed by atoms with Gasteiger partial charge in [0.05, 0.1) is 19.6 Å². The first-order valence-electron chi connectivity index (χ1n) is 6.23. The Bertz CT molecular complexity index is 472. The molecule has 1 aliphatic rings. The minimum absolute atomic E-state index is 0.0287. The Hall–Kier alpha value is -1.91. The normalized spacial score (nSPS) is 17.8. The zero-order valence-electron chi connectivity index (χ0n) is 10.8. The standard InChI is InChI=1S/C14H16FNO3/c1-19-14(18)7-6-13(17)12-8-9-16(12)11-4-2-10(15)3-5-11/h2-5,12H,6-9H2,1H3/t12-/m0/s1. The molecular formula is C14H16FNO3. The van der Waals surface area contributed by atoms with Crippen molar-refractivity contribution in [2.24, 2.45) is 0 Å². The van der Waals surface area contributed by atoms with Gasteiger partial charge in [-0.25, -0.2) is 4.39 Å². The van der Waals surface area contributed by atoms with Crippen molar-refractivity contribution in [3.63, 3.8) is 0 Å². The highest BCUT2D eigenvalue weighted by Gasteiger charge is 2.33. The van der Waals surface area contributed by atoms with Gasteiger partial charge in [-0.15, -0.1) is 0 Å². The molecule has 1 aliphatic heterocycles. The van der Waals surface area contributed by atoms with E-state index in [-0.39, 0.29) is 36.5 Å². The van der Waals surface area contributed by atoms with Gasteiger partial charge >= 0.3 is 5.97 Å². The van der Waals surface area contributed by atoms with Gasteiger partial charge in [0.2, 0.25) is 0 Å². The highest BCUT2D eigenvalue weighted by molar-refractivity contribution is 5.91. The predicted octanol–water partition coefficient (Wildman–Crippen LogP) is 1.93. The maximum Gasteiger partial charge on any atom is 0.305 e. The van der Waals surface area contributed by atoms with E-state index in [1.807, 2.05) is 4.90 Å². The van der Waals surface area contributed by atoms with Crippen LogP contribution in [-0.2, 0) is 14.3 Å². The maximum atomic E-state index is 12.8. The average Bonchev–Trinajstić information content (AvgIpc) is 2.37. The smallest absolute Gasteiger partial charge is 0.305 e. The second kappa shape index (κ2) is 5.82. The summed E-state index contributed by atoms with van der Waals surface area (Å²) in [4.78, 5) is 24.9.